The molecule has 2 unspecified atom stereocenters. The molecule has 5 rings (SSSR count). The maximum atomic E-state index is 13.5. The van der Waals surface area contributed by atoms with E-state index in [4.69, 9.17) is 4.74 Å². The van der Waals surface area contributed by atoms with Crippen LogP contribution in [0.2, 0.25) is 0 Å². The van der Waals surface area contributed by atoms with Gasteiger partial charge < -0.3 is 9.84 Å². The van der Waals surface area contributed by atoms with Gasteiger partial charge in [0.15, 0.2) is 14.3 Å². The van der Waals surface area contributed by atoms with Crippen molar-refractivity contribution in [3.63, 3.8) is 0 Å². The van der Waals surface area contributed by atoms with Gasteiger partial charge in [0.05, 0.1) is 5.56 Å². The Balaban J connectivity index is 1.52. The van der Waals surface area contributed by atoms with Crippen molar-refractivity contribution in [3.05, 3.63) is 78.4 Å². The van der Waals surface area contributed by atoms with Gasteiger partial charge in [0.1, 0.15) is 6.10 Å². The number of hydrogen-bond donors (Lipinski definition) is 1. The molecular formula is C29H25F6O3S+. The third kappa shape index (κ3) is 5.00. The molecule has 0 radical (unpaired) electrons. The van der Waals surface area contributed by atoms with E-state index in [1.165, 1.54) is 6.07 Å². The summed E-state index contributed by atoms with van der Waals surface area (Å²) in [4.78, 5) is 14.3. The van der Waals surface area contributed by atoms with Crippen LogP contribution in [0, 0.1) is 5.92 Å². The topological polar surface area (TPSA) is 46.5 Å². The summed E-state index contributed by atoms with van der Waals surface area (Å²) in [6.07, 6.45) is -13.7. The number of carbonyl (C=O) groups is 1. The van der Waals surface area contributed by atoms with Crippen molar-refractivity contribution in [1.29, 1.82) is 0 Å². The highest BCUT2D eigenvalue weighted by atomic mass is 32.2. The van der Waals surface area contributed by atoms with Crippen LogP contribution in [0.5, 0.6) is 0 Å². The van der Waals surface area contributed by atoms with E-state index in [2.05, 4.69) is 0 Å². The molecule has 1 aliphatic rings. The number of rotatable bonds is 6. The van der Waals surface area contributed by atoms with Crippen molar-refractivity contribution < 1.29 is 41.0 Å². The fourth-order valence-corrected chi connectivity index (χ4v) is 7.74. The monoisotopic (exact) mass is 567 g/mol. The van der Waals surface area contributed by atoms with E-state index < -0.39 is 52.8 Å². The quantitative estimate of drug-likeness (QED) is 0.144. The molecule has 0 spiro atoms. The van der Waals surface area contributed by atoms with Crippen LogP contribution in [0.4, 0.5) is 26.3 Å². The number of thiophene rings is 1. The highest BCUT2D eigenvalue weighted by Crippen LogP contribution is 2.50. The summed E-state index contributed by atoms with van der Waals surface area (Å²) in [6, 6.07) is 22.3. The molecule has 1 aliphatic carbocycles. The Hall–Kier alpha value is -3.11. The van der Waals surface area contributed by atoms with Crippen molar-refractivity contribution in [1.82, 2.24) is 0 Å². The summed E-state index contributed by atoms with van der Waals surface area (Å²) < 4.78 is 88.2. The van der Waals surface area contributed by atoms with Crippen LogP contribution >= 0.6 is 10.5 Å². The van der Waals surface area contributed by atoms with Gasteiger partial charge in [0, 0.05) is 27.7 Å². The molecule has 0 amide bonds. The summed E-state index contributed by atoms with van der Waals surface area (Å²) >= 11 is 0. The summed E-state index contributed by atoms with van der Waals surface area (Å²) in [5.74, 6) is -1.74. The number of ether oxygens (including phenoxy) is 1. The zero-order valence-corrected chi connectivity index (χ0v) is 21.4. The van der Waals surface area contributed by atoms with Crippen LogP contribution in [0.25, 0.3) is 25.1 Å². The highest BCUT2D eigenvalue weighted by molar-refractivity contribution is 7.50. The average molecular weight is 568 g/mol. The first-order valence-corrected chi connectivity index (χ1v) is 13.7. The molecule has 1 saturated carbocycles. The Morgan fingerprint density at radius 1 is 0.846 bits per heavy atom. The molecule has 0 aliphatic heterocycles. The summed E-state index contributed by atoms with van der Waals surface area (Å²) in [7, 11) is -0.443. The number of halogens is 6. The molecule has 1 aromatic heterocycles. The number of carbonyl (C=O) groups excluding carboxylic acids is 1. The lowest BCUT2D eigenvalue weighted by molar-refractivity contribution is -0.374. The summed E-state index contributed by atoms with van der Waals surface area (Å²) in [5.41, 5.74) is -4.97. The van der Waals surface area contributed by atoms with E-state index in [9.17, 15) is 36.2 Å². The maximum Gasteiger partial charge on any atom is 0.426 e. The largest absolute Gasteiger partial charge is 0.458 e. The number of fused-ring (bicyclic) bond motifs is 3. The van der Waals surface area contributed by atoms with Crippen molar-refractivity contribution in [3.8, 4) is 4.90 Å². The third-order valence-electron chi connectivity index (χ3n) is 7.43. The van der Waals surface area contributed by atoms with Crippen molar-refractivity contribution >= 4 is 36.6 Å². The zero-order valence-electron chi connectivity index (χ0n) is 20.6. The van der Waals surface area contributed by atoms with Gasteiger partial charge in [-0.3, -0.25) is 0 Å². The molecule has 1 fully saturated rings. The number of hydrogen-bond acceptors (Lipinski definition) is 3. The summed E-state index contributed by atoms with van der Waals surface area (Å²) in [5, 5.41) is 11.5. The number of aliphatic hydroxyl groups is 1. The first kappa shape index (κ1) is 27.5. The SMILES string of the molecule is O=C(OC(CC(O)(C(F)(F)F)C(F)(F)F)C1CCCC1)c1ccc2c(c1)c1ccccc1[s+]2-c1ccccc1. The Kier molecular flexibility index (Phi) is 7.13. The highest BCUT2D eigenvalue weighted by Gasteiger charge is 2.71. The van der Waals surface area contributed by atoms with E-state index in [1.54, 1.807) is 12.1 Å². The van der Waals surface area contributed by atoms with Gasteiger partial charge >= 0.3 is 18.3 Å². The minimum atomic E-state index is -5.99. The lowest BCUT2D eigenvalue weighted by atomic mass is 9.87. The average Bonchev–Trinajstić information content (AvgIpc) is 3.54. The maximum absolute atomic E-state index is 13.5. The predicted molar refractivity (Wildman–Crippen MR) is 138 cm³/mol. The normalized spacial score (nSPS) is 16.6. The standard InChI is InChI=1S/C29H25F6O3S/c30-28(31,32)27(37,29(33,34)35)17-23(18-8-4-5-9-18)38-26(36)19-14-15-25-22(16-19)21-12-6-7-13-24(21)39(25)20-10-2-1-3-11-20/h1-3,6-7,10-16,18,23,37H,4-5,8-9,17H2/q+1. The molecule has 3 nitrogen and oxygen atoms in total. The van der Waals surface area contributed by atoms with E-state index >= 15 is 0 Å². The van der Waals surface area contributed by atoms with Crippen LogP contribution in [-0.2, 0) is 4.74 Å². The Bertz CT molecular complexity index is 1470. The van der Waals surface area contributed by atoms with Crippen LogP contribution in [0.3, 0.4) is 0 Å². The lowest BCUT2D eigenvalue weighted by Crippen LogP contribution is -2.59. The molecule has 0 saturated heterocycles. The molecule has 0 bridgehead atoms. The fourth-order valence-electron chi connectivity index (χ4n) is 5.36. The molecule has 206 valence electrons. The molecule has 3 aromatic carbocycles. The minimum absolute atomic E-state index is 0.0209. The molecular weight excluding hydrogens is 542 g/mol. The van der Waals surface area contributed by atoms with Crippen LogP contribution in [0.1, 0.15) is 42.5 Å². The Morgan fingerprint density at radius 2 is 1.44 bits per heavy atom. The van der Waals surface area contributed by atoms with E-state index in [1.807, 2.05) is 54.6 Å². The van der Waals surface area contributed by atoms with Gasteiger partial charge in [-0.2, -0.15) is 26.3 Å². The molecule has 4 aromatic rings. The lowest BCUT2D eigenvalue weighted by Gasteiger charge is -2.36. The second-order valence-electron chi connectivity index (χ2n) is 9.87. The Labute approximate surface area is 223 Å². The first-order valence-electron chi connectivity index (χ1n) is 12.5. The molecule has 2 atom stereocenters. The van der Waals surface area contributed by atoms with Crippen LogP contribution in [-0.4, -0.2) is 35.1 Å². The van der Waals surface area contributed by atoms with E-state index in [-0.39, 0.29) is 5.56 Å². The Morgan fingerprint density at radius 3 is 2.08 bits per heavy atom. The van der Waals surface area contributed by atoms with Gasteiger partial charge in [-0.25, -0.2) is 4.79 Å². The van der Waals surface area contributed by atoms with Crippen molar-refractivity contribution in [2.75, 3.05) is 0 Å². The van der Waals surface area contributed by atoms with Crippen molar-refractivity contribution in [2.24, 2.45) is 5.92 Å². The van der Waals surface area contributed by atoms with Crippen molar-refractivity contribution in [2.45, 2.75) is 56.2 Å². The van der Waals surface area contributed by atoms with Gasteiger partial charge in [-0.15, -0.1) is 0 Å². The minimum Gasteiger partial charge on any atom is -0.458 e. The van der Waals surface area contributed by atoms with Gasteiger partial charge in [-0.05, 0) is 61.2 Å². The zero-order chi connectivity index (χ0) is 28.0. The number of alkyl halides is 6. The smallest absolute Gasteiger partial charge is 0.426 e. The first-order chi connectivity index (χ1) is 18.4. The molecule has 39 heavy (non-hydrogen) atoms. The van der Waals surface area contributed by atoms with E-state index in [0.29, 0.717) is 25.7 Å². The third-order valence-corrected chi connectivity index (χ3v) is 9.76. The van der Waals surface area contributed by atoms with Gasteiger partial charge in [0.25, 0.3) is 5.60 Å². The van der Waals surface area contributed by atoms with E-state index in [0.717, 1.165) is 25.1 Å². The number of benzene rings is 3. The molecule has 1 N–H and O–H groups in total. The van der Waals surface area contributed by atoms with Gasteiger partial charge in [0.2, 0.25) is 0 Å². The fraction of sp³-hybridized carbons (Fsp3) is 0.345. The molecule has 10 heteroatoms. The molecule has 1 heterocycles. The van der Waals surface area contributed by atoms with Crippen LogP contribution in [0.15, 0.2) is 72.8 Å². The summed E-state index contributed by atoms with van der Waals surface area (Å²) in [6.45, 7) is 0. The second kappa shape index (κ2) is 10.1. The van der Waals surface area contributed by atoms with Crippen LogP contribution < -0.4 is 0 Å². The van der Waals surface area contributed by atoms with Gasteiger partial charge in [-0.1, -0.05) is 43.2 Å². The second-order valence-corrected chi connectivity index (χ2v) is 11.8. The predicted octanol–water partition coefficient (Wildman–Crippen LogP) is 8.69. The number of esters is 1.